The van der Waals surface area contributed by atoms with Crippen molar-refractivity contribution in [3.63, 3.8) is 0 Å². The van der Waals surface area contributed by atoms with E-state index < -0.39 is 0 Å². The Bertz CT molecular complexity index is 494. The first-order valence-corrected chi connectivity index (χ1v) is 6.40. The summed E-state index contributed by atoms with van der Waals surface area (Å²) >= 11 is 0. The molecule has 1 saturated carbocycles. The third-order valence-electron chi connectivity index (χ3n) is 3.63. The Kier molecular flexibility index (Phi) is 2.78. The molecule has 0 aromatic heterocycles. The molecule has 4 nitrogen and oxygen atoms in total. The Morgan fingerprint density at radius 2 is 2.11 bits per heavy atom. The molecule has 2 aliphatic rings. The Morgan fingerprint density at radius 1 is 1.33 bits per heavy atom. The molecule has 0 spiro atoms. The maximum Gasteiger partial charge on any atom is 0.251 e. The van der Waals surface area contributed by atoms with Crippen LogP contribution < -0.4 is 10.6 Å². The first-order chi connectivity index (χ1) is 8.75. The fourth-order valence-electron chi connectivity index (χ4n) is 2.38. The van der Waals surface area contributed by atoms with Gasteiger partial charge in [-0.15, -0.1) is 0 Å². The van der Waals surface area contributed by atoms with Crippen molar-refractivity contribution in [2.75, 3.05) is 13.1 Å². The van der Waals surface area contributed by atoms with Crippen LogP contribution in [0.3, 0.4) is 0 Å². The number of hydrogen-bond acceptors (Lipinski definition) is 2. The highest BCUT2D eigenvalue weighted by Gasteiger charge is 2.31. The number of amides is 2. The van der Waals surface area contributed by atoms with Crippen LogP contribution in [0, 0.1) is 5.92 Å². The lowest BCUT2D eigenvalue weighted by atomic mass is 9.90. The molecule has 2 N–H and O–H groups in total. The second-order valence-corrected chi connectivity index (χ2v) is 5.01. The number of carbonyl (C=O) groups excluding carboxylic acids is 2. The zero-order chi connectivity index (χ0) is 12.5. The smallest absolute Gasteiger partial charge is 0.251 e. The van der Waals surface area contributed by atoms with Gasteiger partial charge in [0.25, 0.3) is 5.91 Å². The molecule has 1 aromatic rings. The molecule has 1 atom stereocenters. The van der Waals surface area contributed by atoms with Crippen LogP contribution in [0.25, 0.3) is 0 Å². The summed E-state index contributed by atoms with van der Waals surface area (Å²) in [5, 5.41) is 5.85. The van der Waals surface area contributed by atoms with Gasteiger partial charge in [0.2, 0.25) is 5.91 Å². The zero-order valence-electron chi connectivity index (χ0n) is 10.1. The monoisotopic (exact) mass is 244 g/mol. The van der Waals surface area contributed by atoms with Crippen LogP contribution in [0.1, 0.15) is 34.7 Å². The summed E-state index contributed by atoms with van der Waals surface area (Å²) in [6.45, 7) is 1.20. The van der Waals surface area contributed by atoms with Gasteiger partial charge in [-0.1, -0.05) is 18.2 Å². The summed E-state index contributed by atoms with van der Waals surface area (Å²) in [4.78, 5) is 23.3. The standard InChI is InChI=1S/C14H16N2O2/c17-13(9-5-6-9)15-7-10-8-16-14(18)12-4-2-1-3-11(10)12/h1-4,9-10H,5-8H2,(H,15,17)(H,16,18). The lowest BCUT2D eigenvalue weighted by molar-refractivity contribution is -0.122. The van der Waals surface area contributed by atoms with Crippen LogP contribution in [-0.2, 0) is 4.79 Å². The minimum Gasteiger partial charge on any atom is -0.355 e. The van der Waals surface area contributed by atoms with E-state index in [1.807, 2.05) is 24.3 Å². The van der Waals surface area contributed by atoms with Gasteiger partial charge >= 0.3 is 0 Å². The van der Waals surface area contributed by atoms with Crippen LogP contribution in [0.5, 0.6) is 0 Å². The topological polar surface area (TPSA) is 58.2 Å². The zero-order valence-corrected chi connectivity index (χ0v) is 10.1. The number of hydrogen-bond donors (Lipinski definition) is 2. The quantitative estimate of drug-likeness (QED) is 0.834. The van der Waals surface area contributed by atoms with Crippen molar-refractivity contribution in [1.82, 2.24) is 10.6 Å². The number of carbonyl (C=O) groups is 2. The Hall–Kier alpha value is -1.84. The molecular weight excluding hydrogens is 228 g/mol. The molecule has 1 heterocycles. The summed E-state index contributed by atoms with van der Waals surface area (Å²) in [7, 11) is 0. The van der Waals surface area contributed by atoms with Gasteiger partial charge in [-0.25, -0.2) is 0 Å². The number of nitrogens with one attached hydrogen (secondary N) is 2. The molecule has 18 heavy (non-hydrogen) atoms. The molecule has 1 fully saturated rings. The van der Waals surface area contributed by atoms with E-state index in [0.717, 1.165) is 24.0 Å². The second kappa shape index (κ2) is 4.44. The van der Waals surface area contributed by atoms with Crippen LogP contribution in [0.4, 0.5) is 0 Å². The van der Waals surface area contributed by atoms with E-state index in [2.05, 4.69) is 10.6 Å². The Morgan fingerprint density at radius 3 is 2.89 bits per heavy atom. The average molecular weight is 244 g/mol. The molecule has 1 aliphatic heterocycles. The van der Waals surface area contributed by atoms with Gasteiger partial charge in [-0.3, -0.25) is 9.59 Å². The van der Waals surface area contributed by atoms with E-state index >= 15 is 0 Å². The van der Waals surface area contributed by atoms with Gasteiger partial charge in [-0.05, 0) is 24.5 Å². The minimum atomic E-state index is -0.0182. The molecule has 0 radical (unpaired) electrons. The second-order valence-electron chi connectivity index (χ2n) is 5.01. The van der Waals surface area contributed by atoms with E-state index in [1.54, 1.807) is 0 Å². The molecule has 2 amide bonds. The van der Waals surface area contributed by atoms with Gasteiger partial charge in [0.05, 0.1) is 0 Å². The molecular formula is C14H16N2O2. The van der Waals surface area contributed by atoms with E-state index in [0.29, 0.717) is 13.1 Å². The fraction of sp³-hybridized carbons (Fsp3) is 0.429. The highest BCUT2D eigenvalue weighted by molar-refractivity contribution is 5.97. The van der Waals surface area contributed by atoms with Crippen molar-refractivity contribution >= 4 is 11.8 Å². The summed E-state index contributed by atoms with van der Waals surface area (Å²) in [5.41, 5.74) is 1.77. The van der Waals surface area contributed by atoms with E-state index in [-0.39, 0.29) is 23.7 Å². The van der Waals surface area contributed by atoms with Crippen LogP contribution in [0.2, 0.25) is 0 Å². The van der Waals surface area contributed by atoms with E-state index in [9.17, 15) is 9.59 Å². The summed E-state index contributed by atoms with van der Waals surface area (Å²) in [6, 6.07) is 7.61. The van der Waals surface area contributed by atoms with Gasteiger partial charge in [0.15, 0.2) is 0 Å². The molecule has 1 aliphatic carbocycles. The van der Waals surface area contributed by atoms with Crippen molar-refractivity contribution in [2.45, 2.75) is 18.8 Å². The average Bonchev–Trinajstić information content (AvgIpc) is 3.22. The van der Waals surface area contributed by atoms with Crippen molar-refractivity contribution in [3.05, 3.63) is 35.4 Å². The van der Waals surface area contributed by atoms with Gasteiger partial charge < -0.3 is 10.6 Å². The molecule has 0 bridgehead atoms. The summed E-state index contributed by atoms with van der Waals surface area (Å²) in [5.74, 6) is 0.555. The molecule has 1 aromatic carbocycles. The lowest BCUT2D eigenvalue weighted by Gasteiger charge is -2.25. The molecule has 94 valence electrons. The first-order valence-electron chi connectivity index (χ1n) is 6.40. The molecule has 4 heteroatoms. The largest absolute Gasteiger partial charge is 0.355 e. The van der Waals surface area contributed by atoms with Crippen LogP contribution >= 0.6 is 0 Å². The predicted octanol–water partition coefficient (Wildman–Crippen LogP) is 1.04. The van der Waals surface area contributed by atoms with Gasteiger partial charge in [-0.2, -0.15) is 0 Å². The van der Waals surface area contributed by atoms with Gasteiger partial charge in [0.1, 0.15) is 0 Å². The number of benzene rings is 1. The third-order valence-corrected chi connectivity index (χ3v) is 3.63. The lowest BCUT2D eigenvalue weighted by Crippen LogP contribution is -2.40. The predicted molar refractivity (Wildman–Crippen MR) is 67.2 cm³/mol. The normalized spacial score (nSPS) is 22.0. The van der Waals surface area contributed by atoms with Gasteiger partial charge in [0, 0.05) is 30.5 Å². The number of fused-ring (bicyclic) bond motifs is 1. The molecule has 1 unspecified atom stereocenters. The first kappa shape index (κ1) is 11.3. The maximum absolute atomic E-state index is 11.7. The maximum atomic E-state index is 11.7. The third kappa shape index (κ3) is 2.10. The van der Waals surface area contributed by atoms with Crippen LogP contribution in [-0.4, -0.2) is 24.9 Å². The minimum absolute atomic E-state index is 0.0182. The Labute approximate surface area is 106 Å². The fourth-order valence-corrected chi connectivity index (χ4v) is 2.38. The molecule has 0 saturated heterocycles. The van der Waals surface area contributed by atoms with Crippen LogP contribution in [0.15, 0.2) is 24.3 Å². The summed E-state index contributed by atoms with van der Waals surface area (Å²) in [6.07, 6.45) is 2.04. The SMILES string of the molecule is O=C1NCC(CNC(=O)C2CC2)c2ccccc21. The molecule has 3 rings (SSSR count). The summed E-state index contributed by atoms with van der Waals surface area (Å²) < 4.78 is 0. The van der Waals surface area contributed by atoms with Crippen molar-refractivity contribution in [3.8, 4) is 0 Å². The van der Waals surface area contributed by atoms with E-state index in [1.165, 1.54) is 0 Å². The number of rotatable bonds is 3. The van der Waals surface area contributed by atoms with Crippen molar-refractivity contribution in [2.24, 2.45) is 5.92 Å². The van der Waals surface area contributed by atoms with Crippen molar-refractivity contribution in [1.29, 1.82) is 0 Å². The Balaban J connectivity index is 1.71. The van der Waals surface area contributed by atoms with E-state index in [4.69, 9.17) is 0 Å². The highest BCUT2D eigenvalue weighted by atomic mass is 16.2. The highest BCUT2D eigenvalue weighted by Crippen LogP contribution is 2.29. The van der Waals surface area contributed by atoms with Crippen molar-refractivity contribution < 1.29 is 9.59 Å².